The smallest absolute Gasteiger partial charge is 0.169 e. The number of hydrogen-bond donors (Lipinski definition) is 1. The van der Waals surface area contributed by atoms with Gasteiger partial charge in [-0.3, -0.25) is 4.79 Å². The van der Waals surface area contributed by atoms with E-state index in [1.54, 1.807) is 0 Å². The van der Waals surface area contributed by atoms with Gasteiger partial charge < -0.3 is 5.73 Å². The Morgan fingerprint density at radius 2 is 2.17 bits per heavy atom. The van der Waals surface area contributed by atoms with Crippen LogP contribution in [0, 0.1) is 17.3 Å². The molecule has 3 aliphatic carbocycles. The normalized spacial score (nSPS) is 36.3. The molecule has 3 atom stereocenters. The van der Waals surface area contributed by atoms with Crippen molar-refractivity contribution in [2.45, 2.75) is 25.7 Å². The van der Waals surface area contributed by atoms with Crippen LogP contribution in [-0.2, 0) is 6.42 Å². The Hall–Kier alpha value is -1.57. The molecule has 1 saturated carbocycles. The molecule has 0 heterocycles. The van der Waals surface area contributed by atoms with Crippen LogP contribution in [0.3, 0.4) is 0 Å². The number of rotatable bonds is 0. The van der Waals surface area contributed by atoms with Gasteiger partial charge in [-0.05, 0) is 49.1 Å². The molecule has 1 fully saturated rings. The third-order valence-electron chi connectivity index (χ3n) is 5.24. The van der Waals surface area contributed by atoms with Gasteiger partial charge in [0.05, 0.1) is 0 Å². The van der Waals surface area contributed by atoms with Crippen molar-refractivity contribution >= 4 is 11.5 Å². The van der Waals surface area contributed by atoms with Crippen LogP contribution in [0.25, 0.3) is 0 Å². The summed E-state index contributed by atoms with van der Waals surface area (Å²) in [4.78, 5) is 12.9. The fourth-order valence-electron chi connectivity index (χ4n) is 4.33. The zero-order valence-corrected chi connectivity index (χ0v) is 10.4. The number of nitrogen functional groups attached to an aromatic ring is 1. The Balaban J connectivity index is 1.84. The first-order valence-electron chi connectivity index (χ1n) is 6.81. The fraction of sp³-hybridized carbons (Fsp3) is 0.438. The van der Waals surface area contributed by atoms with E-state index in [0.29, 0.717) is 17.6 Å². The van der Waals surface area contributed by atoms with E-state index >= 15 is 0 Å². The van der Waals surface area contributed by atoms with E-state index < -0.39 is 0 Å². The molecule has 0 saturated heterocycles. The van der Waals surface area contributed by atoms with Crippen LogP contribution >= 0.6 is 0 Å². The van der Waals surface area contributed by atoms with Gasteiger partial charge in [0, 0.05) is 16.7 Å². The van der Waals surface area contributed by atoms with E-state index in [-0.39, 0.29) is 5.41 Å². The molecule has 1 aromatic carbocycles. The second-order valence-electron chi connectivity index (χ2n) is 6.05. The zero-order chi connectivity index (χ0) is 12.3. The van der Waals surface area contributed by atoms with Gasteiger partial charge in [0.2, 0.25) is 0 Å². The maximum atomic E-state index is 12.9. The topological polar surface area (TPSA) is 43.1 Å². The maximum Gasteiger partial charge on any atom is 0.169 e. The van der Waals surface area contributed by atoms with Gasteiger partial charge in [-0.25, -0.2) is 0 Å². The summed E-state index contributed by atoms with van der Waals surface area (Å²) in [6, 6.07) is 5.78. The van der Waals surface area contributed by atoms with Gasteiger partial charge in [-0.1, -0.05) is 24.3 Å². The van der Waals surface area contributed by atoms with Crippen molar-refractivity contribution in [3.05, 3.63) is 41.5 Å². The number of nitrogens with two attached hydrogens (primary N) is 1. The lowest BCUT2D eigenvalue weighted by atomic mass is 9.63. The number of anilines is 1. The van der Waals surface area contributed by atoms with Crippen LogP contribution in [-0.4, -0.2) is 5.78 Å². The molecular formula is C16H17NO. The Labute approximate surface area is 107 Å². The Morgan fingerprint density at radius 1 is 1.28 bits per heavy atom. The van der Waals surface area contributed by atoms with Crippen LogP contribution in [0.5, 0.6) is 0 Å². The lowest BCUT2D eigenvalue weighted by Crippen LogP contribution is -2.39. The molecule has 4 rings (SSSR count). The largest absolute Gasteiger partial charge is 0.398 e. The molecule has 3 unspecified atom stereocenters. The summed E-state index contributed by atoms with van der Waals surface area (Å²) in [5.74, 6) is 1.47. The Bertz CT molecular complexity index is 574. The number of Topliss-reactive ketones (excluding diaryl/α,β-unsaturated/α-hetero) is 1. The second kappa shape index (κ2) is 3.25. The van der Waals surface area contributed by atoms with E-state index in [0.717, 1.165) is 36.1 Å². The molecule has 0 aromatic heterocycles. The average molecular weight is 239 g/mol. The van der Waals surface area contributed by atoms with Crippen molar-refractivity contribution in [1.82, 2.24) is 0 Å². The van der Waals surface area contributed by atoms with E-state index in [1.807, 2.05) is 18.2 Å². The number of benzene rings is 1. The third kappa shape index (κ3) is 1.11. The molecule has 2 heteroatoms. The quantitative estimate of drug-likeness (QED) is 0.558. The van der Waals surface area contributed by atoms with Gasteiger partial charge in [-0.15, -0.1) is 0 Å². The predicted molar refractivity (Wildman–Crippen MR) is 71.3 cm³/mol. The summed E-state index contributed by atoms with van der Waals surface area (Å²) < 4.78 is 0. The number of fused-ring (bicyclic) bond motifs is 4. The highest BCUT2D eigenvalue weighted by Gasteiger charge is 2.54. The summed E-state index contributed by atoms with van der Waals surface area (Å²) in [6.07, 6.45) is 8.77. The maximum absolute atomic E-state index is 12.9. The number of carbonyl (C=O) groups is 1. The molecule has 1 spiro atoms. The van der Waals surface area contributed by atoms with Gasteiger partial charge in [0.15, 0.2) is 5.78 Å². The molecule has 2 nitrogen and oxygen atoms in total. The monoisotopic (exact) mass is 239 g/mol. The van der Waals surface area contributed by atoms with Crippen LogP contribution in [0.4, 0.5) is 5.69 Å². The van der Waals surface area contributed by atoms with Gasteiger partial charge >= 0.3 is 0 Å². The molecular weight excluding hydrogens is 222 g/mol. The van der Waals surface area contributed by atoms with Crippen LogP contribution in [0.2, 0.25) is 0 Å². The minimum Gasteiger partial charge on any atom is -0.398 e. The highest BCUT2D eigenvalue weighted by Crippen LogP contribution is 2.57. The zero-order valence-electron chi connectivity index (χ0n) is 10.4. The number of hydrogen-bond acceptors (Lipinski definition) is 2. The first-order chi connectivity index (χ1) is 8.71. The molecule has 0 amide bonds. The fourth-order valence-corrected chi connectivity index (χ4v) is 4.33. The van der Waals surface area contributed by atoms with Gasteiger partial charge in [-0.2, -0.15) is 0 Å². The minimum atomic E-state index is -0.0970. The number of ketones is 1. The van der Waals surface area contributed by atoms with Crippen molar-refractivity contribution in [2.24, 2.45) is 17.3 Å². The average Bonchev–Trinajstić information content (AvgIpc) is 2.96. The second-order valence-corrected chi connectivity index (χ2v) is 6.05. The van der Waals surface area contributed by atoms with Crippen molar-refractivity contribution in [1.29, 1.82) is 0 Å². The Morgan fingerprint density at radius 3 is 2.89 bits per heavy atom. The molecule has 18 heavy (non-hydrogen) atoms. The third-order valence-corrected chi connectivity index (χ3v) is 5.24. The summed E-state index contributed by atoms with van der Waals surface area (Å²) in [5, 5.41) is 0. The first-order valence-corrected chi connectivity index (χ1v) is 6.81. The summed E-state index contributed by atoms with van der Waals surface area (Å²) in [5.41, 5.74) is 8.66. The molecule has 0 radical (unpaired) electrons. The van der Waals surface area contributed by atoms with Crippen LogP contribution < -0.4 is 5.73 Å². The number of allylic oxidation sites excluding steroid dienone is 2. The van der Waals surface area contributed by atoms with Crippen molar-refractivity contribution < 1.29 is 4.79 Å². The van der Waals surface area contributed by atoms with E-state index in [4.69, 9.17) is 5.73 Å². The minimum absolute atomic E-state index is 0.0970. The molecule has 1 aromatic rings. The van der Waals surface area contributed by atoms with E-state index in [1.165, 1.54) is 6.42 Å². The van der Waals surface area contributed by atoms with Crippen LogP contribution in [0.1, 0.15) is 35.2 Å². The summed E-state index contributed by atoms with van der Waals surface area (Å²) in [7, 11) is 0. The van der Waals surface area contributed by atoms with Gasteiger partial charge in [0.25, 0.3) is 0 Å². The molecule has 2 bridgehead atoms. The SMILES string of the molecule is Nc1cccc2c1CCC1(CC3C=CC1C3)C2=O. The Kier molecular flexibility index (Phi) is 1.87. The summed E-state index contributed by atoms with van der Waals surface area (Å²) in [6.45, 7) is 0. The molecule has 0 aliphatic heterocycles. The predicted octanol–water partition coefficient (Wildman–Crippen LogP) is 2.98. The standard InChI is InChI=1S/C16H17NO/c17-14-3-1-2-13-12(14)6-7-16(15(13)18)9-10-4-5-11(16)8-10/h1-5,10-11H,6-9,17H2. The van der Waals surface area contributed by atoms with Crippen molar-refractivity contribution in [3.63, 3.8) is 0 Å². The lowest BCUT2D eigenvalue weighted by Gasteiger charge is -2.38. The molecule has 92 valence electrons. The summed E-state index contributed by atoms with van der Waals surface area (Å²) >= 11 is 0. The lowest BCUT2D eigenvalue weighted by molar-refractivity contribution is 0.0703. The number of carbonyl (C=O) groups excluding carboxylic acids is 1. The van der Waals surface area contributed by atoms with Crippen LogP contribution in [0.15, 0.2) is 30.4 Å². The van der Waals surface area contributed by atoms with Gasteiger partial charge in [0.1, 0.15) is 0 Å². The van der Waals surface area contributed by atoms with Crippen molar-refractivity contribution in [2.75, 3.05) is 5.73 Å². The highest BCUT2D eigenvalue weighted by molar-refractivity contribution is 6.04. The highest BCUT2D eigenvalue weighted by atomic mass is 16.1. The first kappa shape index (κ1) is 10.4. The molecule has 2 N–H and O–H groups in total. The van der Waals surface area contributed by atoms with Crippen molar-refractivity contribution in [3.8, 4) is 0 Å². The van der Waals surface area contributed by atoms with E-state index in [2.05, 4.69) is 12.2 Å². The van der Waals surface area contributed by atoms with E-state index in [9.17, 15) is 4.79 Å². The molecule has 3 aliphatic rings.